The molecule has 0 atom stereocenters. The summed E-state index contributed by atoms with van der Waals surface area (Å²) in [6, 6.07) is 4.43. The van der Waals surface area contributed by atoms with Crippen molar-refractivity contribution in [2.75, 3.05) is 27.3 Å². The zero-order valence-electron chi connectivity index (χ0n) is 14.0. The minimum absolute atomic E-state index is 0.644. The van der Waals surface area contributed by atoms with Crippen LogP contribution in [0.5, 0.6) is 11.5 Å². The summed E-state index contributed by atoms with van der Waals surface area (Å²) in [4.78, 5) is 0. The summed E-state index contributed by atoms with van der Waals surface area (Å²) in [6.07, 6.45) is 9.03. The van der Waals surface area contributed by atoms with Crippen LogP contribution >= 0.6 is 0 Å². The maximum absolute atomic E-state index is 5.68. The highest BCUT2D eigenvalue weighted by Crippen LogP contribution is 2.41. The standard InChI is InChI=1S/C19H29NO2/c1-21-18-12-17(15-5-3-4-6-15)19(22-2)11-16(18)9-10-20-13-14-7-8-14/h11-12,14-15,20H,3-10,13H2,1-2H3. The van der Waals surface area contributed by atoms with Crippen molar-refractivity contribution in [1.29, 1.82) is 0 Å². The molecule has 0 saturated heterocycles. The Hall–Kier alpha value is -1.22. The third-order valence-electron chi connectivity index (χ3n) is 5.13. The number of benzene rings is 1. The first-order valence-corrected chi connectivity index (χ1v) is 8.77. The molecule has 3 nitrogen and oxygen atoms in total. The lowest BCUT2D eigenvalue weighted by molar-refractivity contribution is 0.391. The zero-order valence-corrected chi connectivity index (χ0v) is 14.0. The number of rotatable bonds is 8. The number of methoxy groups -OCH3 is 2. The van der Waals surface area contributed by atoms with E-state index in [1.54, 1.807) is 14.2 Å². The maximum atomic E-state index is 5.68. The summed E-state index contributed by atoms with van der Waals surface area (Å²) >= 11 is 0. The van der Waals surface area contributed by atoms with Gasteiger partial charge in [-0.2, -0.15) is 0 Å². The first-order chi connectivity index (χ1) is 10.8. The quantitative estimate of drug-likeness (QED) is 0.739. The smallest absolute Gasteiger partial charge is 0.122 e. The highest BCUT2D eigenvalue weighted by Gasteiger charge is 2.23. The van der Waals surface area contributed by atoms with Crippen molar-refractivity contribution in [2.24, 2.45) is 5.92 Å². The molecule has 0 spiro atoms. The molecular formula is C19H29NO2. The van der Waals surface area contributed by atoms with Gasteiger partial charge in [-0.25, -0.2) is 0 Å². The highest BCUT2D eigenvalue weighted by atomic mass is 16.5. The van der Waals surface area contributed by atoms with Gasteiger partial charge in [0.1, 0.15) is 11.5 Å². The average molecular weight is 303 g/mol. The second kappa shape index (κ2) is 7.36. The van der Waals surface area contributed by atoms with E-state index in [0.717, 1.165) is 30.4 Å². The van der Waals surface area contributed by atoms with E-state index in [1.807, 2.05) is 0 Å². The maximum Gasteiger partial charge on any atom is 0.122 e. The fourth-order valence-corrected chi connectivity index (χ4v) is 3.59. The fraction of sp³-hybridized carbons (Fsp3) is 0.684. The van der Waals surface area contributed by atoms with Gasteiger partial charge in [0.25, 0.3) is 0 Å². The summed E-state index contributed by atoms with van der Waals surface area (Å²) in [5.74, 6) is 3.65. The topological polar surface area (TPSA) is 30.5 Å². The monoisotopic (exact) mass is 303 g/mol. The predicted molar refractivity (Wildman–Crippen MR) is 90.1 cm³/mol. The van der Waals surface area contributed by atoms with Gasteiger partial charge in [0, 0.05) is 5.56 Å². The molecule has 0 heterocycles. The van der Waals surface area contributed by atoms with Gasteiger partial charge in [-0.3, -0.25) is 0 Å². The Morgan fingerprint density at radius 1 is 1.00 bits per heavy atom. The molecule has 0 aromatic heterocycles. The second-order valence-electron chi connectivity index (χ2n) is 6.78. The Morgan fingerprint density at radius 3 is 2.36 bits per heavy atom. The Labute approximate surface area is 134 Å². The molecule has 1 aromatic rings. The van der Waals surface area contributed by atoms with Crippen molar-refractivity contribution in [3.63, 3.8) is 0 Å². The van der Waals surface area contributed by atoms with E-state index >= 15 is 0 Å². The summed E-state index contributed by atoms with van der Waals surface area (Å²) in [7, 11) is 3.57. The van der Waals surface area contributed by atoms with Crippen LogP contribution in [-0.2, 0) is 6.42 Å². The van der Waals surface area contributed by atoms with Gasteiger partial charge in [0.15, 0.2) is 0 Å². The molecule has 0 unspecified atom stereocenters. The summed E-state index contributed by atoms with van der Waals surface area (Å²) < 4.78 is 11.3. The second-order valence-corrected chi connectivity index (χ2v) is 6.78. The first-order valence-electron chi connectivity index (χ1n) is 8.77. The molecule has 2 saturated carbocycles. The van der Waals surface area contributed by atoms with Crippen LogP contribution in [0.1, 0.15) is 55.6 Å². The van der Waals surface area contributed by atoms with Gasteiger partial charge in [-0.15, -0.1) is 0 Å². The van der Waals surface area contributed by atoms with Gasteiger partial charge in [0.05, 0.1) is 14.2 Å². The Kier molecular flexibility index (Phi) is 5.24. The third kappa shape index (κ3) is 3.75. The molecule has 1 aromatic carbocycles. The highest BCUT2D eigenvalue weighted by molar-refractivity contribution is 5.48. The van der Waals surface area contributed by atoms with E-state index in [-0.39, 0.29) is 0 Å². The molecule has 2 aliphatic carbocycles. The van der Waals surface area contributed by atoms with Crippen LogP contribution < -0.4 is 14.8 Å². The number of hydrogen-bond acceptors (Lipinski definition) is 3. The van der Waals surface area contributed by atoms with Crippen LogP contribution in [0.3, 0.4) is 0 Å². The number of ether oxygens (including phenoxy) is 2. The molecule has 2 fully saturated rings. The largest absolute Gasteiger partial charge is 0.496 e. The molecule has 3 rings (SSSR count). The van der Waals surface area contributed by atoms with Crippen LogP contribution in [0.4, 0.5) is 0 Å². The first kappa shape index (κ1) is 15.7. The van der Waals surface area contributed by atoms with Crippen molar-refractivity contribution >= 4 is 0 Å². The van der Waals surface area contributed by atoms with Crippen LogP contribution in [0.2, 0.25) is 0 Å². The van der Waals surface area contributed by atoms with Gasteiger partial charge < -0.3 is 14.8 Å². The molecule has 22 heavy (non-hydrogen) atoms. The van der Waals surface area contributed by atoms with Gasteiger partial charge in [-0.05, 0) is 74.7 Å². The summed E-state index contributed by atoms with van der Waals surface area (Å²) in [5.41, 5.74) is 2.59. The Balaban J connectivity index is 1.70. The van der Waals surface area contributed by atoms with Gasteiger partial charge in [0.2, 0.25) is 0 Å². The van der Waals surface area contributed by atoms with E-state index in [4.69, 9.17) is 9.47 Å². The summed E-state index contributed by atoms with van der Waals surface area (Å²) in [5, 5.41) is 3.56. The van der Waals surface area contributed by atoms with Gasteiger partial charge >= 0.3 is 0 Å². The minimum Gasteiger partial charge on any atom is -0.496 e. The molecule has 2 aliphatic rings. The normalized spacial score (nSPS) is 18.6. The Morgan fingerprint density at radius 2 is 1.73 bits per heavy atom. The van der Waals surface area contributed by atoms with Crippen molar-refractivity contribution in [2.45, 2.75) is 50.9 Å². The van der Waals surface area contributed by atoms with E-state index in [2.05, 4.69) is 17.4 Å². The average Bonchev–Trinajstić information content (AvgIpc) is 3.22. The lowest BCUT2D eigenvalue weighted by Gasteiger charge is -2.18. The lowest BCUT2D eigenvalue weighted by Crippen LogP contribution is -2.20. The van der Waals surface area contributed by atoms with Crippen LogP contribution in [0, 0.1) is 5.92 Å². The molecule has 122 valence electrons. The van der Waals surface area contributed by atoms with E-state index in [9.17, 15) is 0 Å². The molecule has 0 radical (unpaired) electrons. The van der Waals surface area contributed by atoms with Crippen molar-refractivity contribution < 1.29 is 9.47 Å². The molecule has 0 bridgehead atoms. The molecule has 1 N–H and O–H groups in total. The van der Waals surface area contributed by atoms with E-state index in [1.165, 1.54) is 56.2 Å². The van der Waals surface area contributed by atoms with Crippen molar-refractivity contribution in [3.8, 4) is 11.5 Å². The third-order valence-corrected chi connectivity index (χ3v) is 5.13. The van der Waals surface area contributed by atoms with E-state index in [0.29, 0.717) is 5.92 Å². The summed E-state index contributed by atoms with van der Waals surface area (Å²) in [6.45, 7) is 2.18. The van der Waals surface area contributed by atoms with E-state index < -0.39 is 0 Å². The molecular weight excluding hydrogens is 274 g/mol. The molecule has 0 amide bonds. The fourth-order valence-electron chi connectivity index (χ4n) is 3.59. The predicted octanol–water partition coefficient (Wildman–Crippen LogP) is 3.90. The van der Waals surface area contributed by atoms with Gasteiger partial charge in [-0.1, -0.05) is 12.8 Å². The minimum atomic E-state index is 0.644. The van der Waals surface area contributed by atoms with Crippen LogP contribution in [-0.4, -0.2) is 27.3 Å². The number of hydrogen-bond donors (Lipinski definition) is 1. The molecule has 0 aliphatic heterocycles. The zero-order chi connectivity index (χ0) is 15.4. The SMILES string of the molecule is COc1cc(C2CCCC2)c(OC)cc1CCNCC1CC1. The van der Waals surface area contributed by atoms with Crippen LogP contribution in [0.15, 0.2) is 12.1 Å². The van der Waals surface area contributed by atoms with Crippen LogP contribution in [0.25, 0.3) is 0 Å². The van der Waals surface area contributed by atoms with Crippen molar-refractivity contribution in [3.05, 3.63) is 23.3 Å². The number of nitrogens with one attached hydrogen (secondary N) is 1. The Bertz CT molecular complexity index is 490. The van der Waals surface area contributed by atoms with Crippen molar-refractivity contribution in [1.82, 2.24) is 5.32 Å². The lowest BCUT2D eigenvalue weighted by atomic mass is 9.94. The molecule has 3 heteroatoms.